The highest BCUT2D eigenvalue weighted by Crippen LogP contribution is 2.41. The van der Waals surface area contributed by atoms with Gasteiger partial charge in [-0.25, -0.2) is 9.28 Å². The molecule has 1 aromatic rings. The summed E-state index contributed by atoms with van der Waals surface area (Å²) in [6.45, 7) is 3.58. The number of aromatic nitrogens is 2. The molecular formula is C18H29N6O2+. The topological polar surface area (TPSA) is 71.6 Å². The number of piperazine rings is 1. The van der Waals surface area contributed by atoms with E-state index in [1.54, 1.807) is 14.1 Å². The summed E-state index contributed by atoms with van der Waals surface area (Å²) in [6, 6.07) is 0.337. The second-order valence-corrected chi connectivity index (χ2v) is 7.89. The minimum atomic E-state index is -0.311. The van der Waals surface area contributed by atoms with E-state index in [9.17, 15) is 9.59 Å². The molecule has 4 rings (SSSR count). The quantitative estimate of drug-likeness (QED) is 0.729. The third-order valence-corrected chi connectivity index (χ3v) is 6.40. The maximum Gasteiger partial charge on any atom is 0.332 e. The van der Waals surface area contributed by atoms with E-state index >= 15 is 0 Å². The molecule has 1 atom stereocenters. The van der Waals surface area contributed by atoms with E-state index in [2.05, 4.69) is 17.3 Å². The molecule has 3 heterocycles. The van der Waals surface area contributed by atoms with E-state index in [0.717, 1.165) is 45.0 Å². The van der Waals surface area contributed by atoms with Crippen LogP contribution in [0.3, 0.4) is 0 Å². The first-order valence-corrected chi connectivity index (χ1v) is 9.68. The lowest BCUT2D eigenvalue weighted by Crippen LogP contribution is -2.65. The first-order valence-electron chi connectivity index (χ1n) is 9.68. The molecule has 0 amide bonds. The minimum absolute atomic E-state index is 0.204. The van der Waals surface area contributed by atoms with E-state index in [1.165, 1.54) is 28.4 Å². The largest absolute Gasteiger partial charge is 0.332 e. The van der Waals surface area contributed by atoms with E-state index in [0.29, 0.717) is 22.0 Å². The normalized spacial score (nSPS) is 26.7. The van der Waals surface area contributed by atoms with Gasteiger partial charge in [0.15, 0.2) is 0 Å². The molecule has 1 aliphatic carbocycles. The number of quaternary nitrogens is 1. The summed E-state index contributed by atoms with van der Waals surface area (Å²) in [6.07, 6.45) is 5.82. The fourth-order valence-corrected chi connectivity index (χ4v) is 4.82. The minimum Gasteiger partial charge on any atom is -0.313 e. The molecule has 8 heteroatoms. The highest BCUT2D eigenvalue weighted by Gasteiger charge is 2.52. The van der Waals surface area contributed by atoms with Gasteiger partial charge in [0.05, 0.1) is 7.05 Å². The van der Waals surface area contributed by atoms with Crippen molar-refractivity contribution >= 4 is 17.5 Å². The summed E-state index contributed by atoms with van der Waals surface area (Å²) in [5.41, 5.74) is 0.148. The number of hydrogen-bond acceptors (Lipinski definition) is 5. The third kappa shape index (κ3) is 2.39. The predicted molar refractivity (Wildman–Crippen MR) is 103 cm³/mol. The molecule has 1 N–H and O–H groups in total. The SMILES string of the molecule is Cn1c2c(c(=O)n(C)c1=O)[N+](C)(C1CCCCC1)C(N1CCNCC1)=N2. The average molecular weight is 361 g/mol. The molecule has 142 valence electrons. The third-order valence-electron chi connectivity index (χ3n) is 6.40. The van der Waals surface area contributed by atoms with Crippen molar-refractivity contribution in [3.8, 4) is 0 Å². The van der Waals surface area contributed by atoms with Gasteiger partial charge < -0.3 is 10.2 Å². The van der Waals surface area contributed by atoms with Gasteiger partial charge in [0, 0.05) is 53.1 Å². The Morgan fingerprint density at radius 3 is 2.35 bits per heavy atom. The van der Waals surface area contributed by atoms with E-state index in [-0.39, 0.29) is 11.2 Å². The van der Waals surface area contributed by atoms with Crippen molar-refractivity contribution < 1.29 is 0 Å². The number of guanidine groups is 1. The number of hydrogen-bond donors (Lipinski definition) is 1. The fraction of sp³-hybridized carbons (Fsp3) is 0.722. The number of fused-ring (bicyclic) bond motifs is 1. The van der Waals surface area contributed by atoms with Crippen LogP contribution in [0.25, 0.3) is 0 Å². The van der Waals surface area contributed by atoms with Gasteiger partial charge in [-0.05, 0) is 12.8 Å². The van der Waals surface area contributed by atoms with Gasteiger partial charge in [0.2, 0.25) is 11.5 Å². The van der Waals surface area contributed by atoms with Gasteiger partial charge in [-0.2, -0.15) is 4.99 Å². The van der Waals surface area contributed by atoms with Crippen molar-refractivity contribution in [1.82, 2.24) is 23.8 Å². The number of aliphatic imine (C=N–C) groups is 1. The summed E-state index contributed by atoms with van der Waals surface area (Å²) in [4.78, 5) is 32.8. The molecule has 1 saturated carbocycles. The maximum atomic E-state index is 13.2. The molecule has 1 aromatic heterocycles. The first-order chi connectivity index (χ1) is 12.5. The van der Waals surface area contributed by atoms with Crippen LogP contribution in [-0.2, 0) is 14.1 Å². The van der Waals surface area contributed by atoms with Crippen molar-refractivity contribution in [1.29, 1.82) is 0 Å². The standard InChI is InChI=1S/C18H29N6O2/c1-21-15-14(16(25)22(2)18(21)26)24(3,13-7-5-4-6-8-13)17(20-15)23-11-9-19-10-12-23/h13,19H,4-12H2,1-3H3/q+1. The summed E-state index contributed by atoms with van der Waals surface area (Å²) >= 11 is 0. The Morgan fingerprint density at radius 1 is 1.04 bits per heavy atom. The Balaban J connectivity index is 1.93. The van der Waals surface area contributed by atoms with Crippen LogP contribution in [0.5, 0.6) is 0 Å². The number of nitrogens with one attached hydrogen (secondary N) is 1. The Hall–Kier alpha value is -1.93. The van der Waals surface area contributed by atoms with Crippen LogP contribution in [0.1, 0.15) is 32.1 Å². The van der Waals surface area contributed by atoms with Gasteiger partial charge in [-0.1, -0.05) is 6.42 Å². The van der Waals surface area contributed by atoms with Gasteiger partial charge in [-0.15, -0.1) is 0 Å². The zero-order valence-electron chi connectivity index (χ0n) is 16.0. The molecule has 0 spiro atoms. The van der Waals surface area contributed by atoms with Crippen LogP contribution in [0.15, 0.2) is 14.6 Å². The highest BCUT2D eigenvalue weighted by molar-refractivity contribution is 6.00. The van der Waals surface area contributed by atoms with Crippen molar-refractivity contribution in [3.05, 3.63) is 20.8 Å². The second kappa shape index (κ2) is 6.35. The van der Waals surface area contributed by atoms with E-state index in [1.807, 2.05) is 0 Å². The van der Waals surface area contributed by atoms with Crippen LogP contribution in [0.2, 0.25) is 0 Å². The molecule has 1 unspecified atom stereocenters. The Kier molecular flexibility index (Phi) is 4.27. The highest BCUT2D eigenvalue weighted by atomic mass is 16.2. The number of nitrogens with zero attached hydrogens (tertiary/aromatic N) is 5. The lowest BCUT2D eigenvalue weighted by atomic mass is 9.92. The molecule has 26 heavy (non-hydrogen) atoms. The second-order valence-electron chi connectivity index (χ2n) is 7.89. The molecular weight excluding hydrogens is 332 g/mol. The van der Waals surface area contributed by atoms with Crippen molar-refractivity contribution in [2.24, 2.45) is 19.1 Å². The fourth-order valence-electron chi connectivity index (χ4n) is 4.82. The van der Waals surface area contributed by atoms with Gasteiger partial charge in [-0.3, -0.25) is 13.9 Å². The predicted octanol–water partition coefficient (Wildman–Crippen LogP) is 0.260. The van der Waals surface area contributed by atoms with Crippen LogP contribution in [-0.4, -0.2) is 59.3 Å². The maximum absolute atomic E-state index is 13.2. The monoisotopic (exact) mass is 361 g/mol. The van der Waals surface area contributed by atoms with Crippen LogP contribution in [0, 0.1) is 0 Å². The Labute approximate surface area is 153 Å². The first kappa shape index (κ1) is 17.5. The van der Waals surface area contributed by atoms with Gasteiger partial charge in [0.25, 0.3) is 0 Å². The van der Waals surface area contributed by atoms with E-state index in [4.69, 9.17) is 4.99 Å². The molecule has 2 aliphatic heterocycles. The molecule has 8 nitrogen and oxygen atoms in total. The molecule has 0 radical (unpaired) electrons. The zero-order valence-corrected chi connectivity index (χ0v) is 16.0. The molecule has 0 aromatic carbocycles. The van der Waals surface area contributed by atoms with E-state index < -0.39 is 0 Å². The van der Waals surface area contributed by atoms with Crippen LogP contribution < -0.4 is 21.0 Å². The average Bonchev–Trinajstić information content (AvgIpc) is 3.00. The summed E-state index contributed by atoms with van der Waals surface area (Å²) < 4.78 is 3.20. The smallest absolute Gasteiger partial charge is 0.313 e. The Morgan fingerprint density at radius 2 is 1.69 bits per heavy atom. The number of rotatable bonds is 1. The van der Waals surface area contributed by atoms with Crippen LogP contribution >= 0.6 is 0 Å². The van der Waals surface area contributed by atoms with Crippen molar-refractivity contribution in [3.63, 3.8) is 0 Å². The summed E-state index contributed by atoms with van der Waals surface area (Å²) in [5.74, 6) is 1.48. The molecule has 0 bridgehead atoms. The molecule has 1 saturated heterocycles. The van der Waals surface area contributed by atoms with Crippen molar-refractivity contribution in [2.75, 3.05) is 33.2 Å². The van der Waals surface area contributed by atoms with Crippen molar-refractivity contribution in [2.45, 2.75) is 38.1 Å². The Bertz CT molecular complexity index is 858. The molecule has 3 aliphatic rings. The van der Waals surface area contributed by atoms with Gasteiger partial charge in [0.1, 0.15) is 6.04 Å². The summed E-state index contributed by atoms with van der Waals surface area (Å²) in [5, 5.41) is 3.38. The van der Waals surface area contributed by atoms with Crippen LogP contribution in [0.4, 0.5) is 11.5 Å². The summed E-state index contributed by atoms with van der Waals surface area (Å²) in [7, 11) is 5.42. The zero-order chi connectivity index (χ0) is 18.5. The van der Waals surface area contributed by atoms with Gasteiger partial charge >= 0.3 is 17.2 Å². The lowest BCUT2D eigenvalue weighted by molar-refractivity contribution is 0.236. The lowest BCUT2D eigenvalue weighted by Gasteiger charge is -2.43. The molecule has 2 fully saturated rings.